The fraction of sp³-hybridized carbons (Fsp3) is 0.692. The van der Waals surface area contributed by atoms with Gasteiger partial charge in [-0.2, -0.15) is 5.26 Å². The molecule has 1 rings (SSSR count). The second kappa shape index (κ2) is 8.77. The molecule has 0 saturated carbocycles. The van der Waals surface area contributed by atoms with Crippen molar-refractivity contribution in [3.05, 3.63) is 18.2 Å². The van der Waals surface area contributed by atoms with Crippen LogP contribution in [-0.2, 0) is 13.0 Å². The summed E-state index contributed by atoms with van der Waals surface area (Å²) in [6.07, 6.45) is 8.85. The van der Waals surface area contributed by atoms with E-state index in [4.69, 9.17) is 5.26 Å². The molecule has 0 fully saturated rings. The van der Waals surface area contributed by atoms with Gasteiger partial charge in [-0.25, -0.2) is 4.98 Å². The number of nitrogens with zero attached hydrogens (tertiary/aromatic N) is 3. The molecule has 0 aliphatic rings. The van der Waals surface area contributed by atoms with Gasteiger partial charge >= 0.3 is 0 Å². The van der Waals surface area contributed by atoms with Gasteiger partial charge in [-0.05, 0) is 25.8 Å². The maximum Gasteiger partial charge on any atom is 0.0949 e. The SMILES string of the molecule is CCCNCCc1cn(CCCCC#N)cn1. The van der Waals surface area contributed by atoms with Crippen molar-refractivity contribution in [3.63, 3.8) is 0 Å². The van der Waals surface area contributed by atoms with Crippen LogP contribution in [0.2, 0.25) is 0 Å². The zero-order valence-corrected chi connectivity index (χ0v) is 10.7. The lowest BCUT2D eigenvalue weighted by molar-refractivity contribution is 0.614. The molecule has 4 heteroatoms. The summed E-state index contributed by atoms with van der Waals surface area (Å²) in [6.45, 7) is 5.22. The Morgan fingerprint density at radius 1 is 1.41 bits per heavy atom. The van der Waals surface area contributed by atoms with Crippen molar-refractivity contribution >= 4 is 0 Å². The first-order valence-corrected chi connectivity index (χ1v) is 6.45. The number of rotatable bonds is 9. The van der Waals surface area contributed by atoms with E-state index < -0.39 is 0 Å². The summed E-state index contributed by atoms with van der Waals surface area (Å²) in [7, 11) is 0. The van der Waals surface area contributed by atoms with Crippen LogP contribution in [0.5, 0.6) is 0 Å². The van der Waals surface area contributed by atoms with Crippen molar-refractivity contribution in [3.8, 4) is 6.07 Å². The number of nitrogens with one attached hydrogen (secondary N) is 1. The van der Waals surface area contributed by atoms with E-state index in [2.05, 4.69) is 34.1 Å². The van der Waals surface area contributed by atoms with Gasteiger partial charge in [0.05, 0.1) is 18.1 Å². The van der Waals surface area contributed by atoms with E-state index in [9.17, 15) is 0 Å². The first kappa shape index (κ1) is 13.7. The number of hydrogen-bond acceptors (Lipinski definition) is 3. The number of imidazole rings is 1. The van der Waals surface area contributed by atoms with Crippen molar-refractivity contribution in [2.45, 2.75) is 45.6 Å². The topological polar surface area (TPSA) is 53.6 Å². The molecule has 0 amide bonds. The molecule has 4 nitrogen and oxygen atoms in total. The Morgan fingerprint density at radius 2 is 2.29 bits per heavy atom. The molecule has 0 aliphatic heterocycles. The molecule has 0 bridgehead atoms. The van der Waals surface area contributed by atoms with Crippen molar-refractivity contribution in [1.29, 1.82) is 5.26 Å². The van der Waals surface area contributed by atoms with E-state index in [0.717, 1.165) is 44.6 Å². The zero-order valence-electron chi connectivity index (χ0n) is 10.7. The molecule has 94 valence electrons. The molecular weight excluding hydrogens is 212 g/mol. The molecule has 0 radical (unpaired) electrons. The van der Waals surface area contributed by atoms with Gasteiger partial charge in [0, 0.05) is 32.1 Å². The van der Waals surface area contributed by atoms with Crippen LogP contribution >= 0.6 is 0 Å². The normalized spacial score (nSPS) is 10.4. The monoisotopic (exact) mass is 234 g/mol. The van der Waals surface area contributed by atoms with Crippen molar-refractivity contribution in [2.24, 2.45) is 0 Å². The Morgan fingerprint density at radius 3 is 3.06 bits per heavy atom. The first-order chi connectivity index (χ1) is 8.36. The van der Waals surface area contributed by atoms with Crippen LogP contribution in [-0.4, -0.2) is 22.6 Å². The fourth-order valence-corrected chi connectivity index (χ4v) is 1.67. The quantitative estimate of drug-likeness (QED) is 0.666. The lowest BCUT2D eigenvalue weighted by atomic mass is 10.2. The number of unbranched alkanes of at least 4 members (excludes halogenated alkanes) is 2. The van der Waals surface area contributed by atoms with Crippen LogP contribution in [0.15, 0.2) is 12.5 Å². The highest BCUT2D eigenvalue weighted by Crippen LogP contribution is 2.01. The van der Waals surface area contributed by atoms with Crippen LogP contribution in [0.4, 0.5) is 0 Å². The predicted octanol–water partition coefficient (Wildman–Crippen LogP) is 2.12. The second-order valence-corrected chi connectivity index (χ2v) is 4.22. The van der Waals surface area contributed by atoms with E-state index in [-0.39, 0.29) is 0 Å². The van der Waals surface area contributed by atoms with Gasteiger partial charge in [-0.1, -0.05) is 6.92 Å². The summed E-state index contributed by atoms with van der Waals surface area (Å²) in [4.78, 5) is 4.37. The minimum atomic E-state index is 0.655. The summed E-state index contributed by atoms with van der Waals surface area (Å²) >= 11 is 0. The molecule has 0 spiro atoms. The Bertz CT molecular complexity index is 337. The Hall–Kier alpha value is -1.34. The standard InChI is InChI=1S/C13H22N4/c1-2-8-15-9-6-13-11-17(12-16-13)10-5-3-4-7-14/h11-12,15H,2-6,8-10H2,1H3. The van der Waals surface area contributed by atoms with Crippen LogP contribution in [0, 0.1) is 11.3 Å². The largest absolute Gasteiger partial charge is 0.337 e. The van der Waals surface area contributed by atoms with Crippen LogP contribution in [0.1, 0.15) is 38.3 Å². The van der Waals surface area contributed by atoms with E-state index in [0.29, 0.717) is 6.42 Å². The van der Waals surface area contributed by atoms with Crippen LogP contribution in [0.25, 0.3) is 0 Å². The maximum absolute atomic E-state index is 8.43. The highest BCUT2D eigenvalue weighted by molar-refractivity contribution is 4.97. The molecule has 1 heterocycles. The van der Waals surface area contributed by atoms with Gasteiger partial charge in [-0.3, -0.25) is 0 Å². The van der Waals surface area contributed by atoms with Crippen molar-refractivity contribution in [1.82, 2.24) is 14.9 Å². The van der Waals surface area contributed by atoms with Gasteiger partial charge in [0.1, 0.15) is 0 Å². The van der Waals surface area contributed by atoms with Crippen molar-refractivity contribution in [2.75, 3.05) is 13.1 Å². The average molecular weight is 234 g/mol. The van der Waals surface area contributed by atoms with Gasteiger partial charge in [0.2, 0.25) is 0 Å². The maximum atomic E-state index is 8.43. The van der Waals surface area contributed by atoms with E-state index >= 15 is 0 Å². The molecule has 0 unspecified atom stereocenters. The molecule has 17 heavy (non-hydrogen) atoms. The molecule has 1 N–H and O–H groups in total. The fourth-order valence-electron chi connectivity index (χ4n) is 1.67. The Kier molecular flexibility index (Phi) is 7.08. The summed E-state index contributed by atoms with van der Waals surface area (Å²) in [5.41, 5.74) is 1.15. The Labute approximate surface area is 104 Å². The number of nitriles is 1. The van der Waals surface area contributed by atoms with Crippen LogP contribution in [0.3, 0.4) is 0 Å². The summed E-state index contributed by atoms with van der Waals surface area (Å²) < 4.78 is 2.12. The molecule has 0 atom stereocenters. The third-order valence-electron chi connectivity index (χ3n) is 2.63. The number of hydrogen-bond donors (Lipinski definition) is 1. The summed E-state index contributed by atoms with van der Waals surface area (Å²) in [5.74, 6) is 0. The molecule has 1 aromatic heterocycles. The average Bonchev–Trinajstić information content (AvgIpc) is 2.78. The first-order valence-electron chi connectivity index (χ1n) is 6.45. The summed E-state index contributed by atoms with van der Waals surface area (Å²) in [6, 6.07) is 2.17. The van der Waals surface area contributed by atoms with Gasteiger partial charge in [0.15, 0.2) is 0 Å². The predicted molar refractivity (Wildman–Crippen MR) is 68.6 cm³/mol. The van der Waals surface area contributed by atoms with Crippen LogP contribution < -0.4 is 5.32 Å². The van der Waals surface area contributed by atoms with Gasteiger partial charge < -0.3 is 9.88 Å². The minimum Gasteiger partial charge on any atom is -0.337 e. The van der Waals surface area contributed by atoms with E-state index in [1.807, 2.05) is 6.33 Å². The molecule has 0 aliphatic carbocycles. The third-order valence-corrected chi connectivity index (χ3v) is 2.63. The third kappa shape index (κ3) is 6.08. The van der Waals surface area contributed by atoms with E-state index in [1.165, 1.54) is 6.42 Å². The Balaban J connectivity index is 2.16. The van der Waals surface area contributed by atoms with Gasteiger partial charge in [-0.15, -0.1) is 0 Å². The number of aryl methyl sites for hydroxylation is 1. The lowest BCUT2D eigenvalue weighted by Gasteiger charge is -2.00. The van der Waals surface area contributed by atoms with Crippen molar-refractivity contribution < 1.29 is 0 Å². The van der Waals surface area contributed by atoms with Gasteiger partial charge in [0.25, 0.3) is 0 Å². The minimum absolute atomic E-state index is 0.655. The molecular formula is C13H22N4. The molecule has 0 saturated heterocycles. The highest BCUT2D eigenvalue weighted by atomic mass is 15.0. The molecule has 0 aromatic carbocycles. The summed E-state index contributed by atoms with van der Waals surface area (Å²) in [5, 5.41) is 11.8. The smallest absolute Gasteiger partial charge is 0.0949 e. The zero-order chi connectivity index (χ0) is 12.3. The highest BCUT2D eigenvalue weighted by Gasteiger charge is 1.98. The molecule has 1 aromatic rings. The van der Waals surface area contributed by atoms with E-state index in [1.54, 1.807) is 0 Å². The number of aromatic nitrogens is 2. The second-order valence-electron chi connectivity index (χ2n) is 4.22. The lowest BCUT2D eigenvalue weighted by Crippen LogP contribution is -2.17.